The minimum atomic E-state index is -0.0761. The van der Waals surface area contributed by atoms with Crippen LogP contribution in [0, 0.1) is 0 Å². The van der Waals surface area contributed by atoms with E-state index in [1.807, 2.05) is 0 Å². The summed E-state index contributed by atoms with van der Waals surface area (Å²) in [6.07, 6.45) is 2.29. The highest BCUT2D eigenvalue weighted by molar-refractivity contribution is 7.00. The van der Waals surface area contributed by atoms with Crippen molar-refractivity contribution in [3.63, 3.8) is 0 Å². The van der Waals surface area contributed by atoms with E-state index in [-0.39, 0.29) is 44.6 Å². The van der Waals surface area contributed by atoms with Crippen molar-refractivity contribution in [3.05, 3.63) is 124 Å². The van der Waals surface area contributed by atoms with Crippen molar-refractivity contribution >= 4 is 57.2 Å². The molecule has 0 aromatic heterocycles. The van der Waals surface area contributed by atoms with Gasteiger partial charge in [0.05, 0.1) is 0 Å². The Bertz CT molecular complexity index is 2580. The van der Waals surface area contributed by atoms with Gasteiger partial charge in [-0.05, 0) is 155 Å². The van der Waals surface area contributed by atoms with E-state index in [2.05, 4.69) is 212 Å². The average molecular weight is 781 g/mol. The highest BCUT2D eigenvalue weighted by atomic mass is 15.2. The van der Waals surface area contributed by atoms with Crippen LogP contribution in [0.5, 0.6) is 0 Å². The molecule has 0 atom stereocenters. The van der Waals surface area contributed by atoms with Crippen LogP contribution in [0.1, 0.15) is 169 Å². The molecule has 306 valence electrons. The summed E-state index contributed by atoms with van der Waals surface area (Å²) < 4.78 is 0. The second kappa shape index (κ2) is 12.2. The van der Waals surface area contributed by atoms with Crippen molar-refractivity contribution in [1.29, 1.82) is 0 Å². The molecule has 2 aliphatic carbocycles. The fourth-order valence-electron chi connectivity index (χ4n) is 12.1. The molecule has 9 rings (SSSR count). The zero-order valence-electron chi connectivity index (χ0n) is 39.5. The Labute approximate surface area is 357 Å². The Morgan fingerprint density at radius 2 is 0.864 bits per heavy atom. The number of rotatable bonds is 2. The van der Waals surface area contributed by atoms with Crippen LogP contribution in [0.15, 0.2) is 84.9 Å². The van der Waals surface area contributed by atoms with Crippen LogP contribution in [-0.4, -0.2) is 6.71 Å². The van der Waals surface area contributed by atoms with Crippen molar-refractivity contribution in [3.8, 4) is 0 Å². The smallest absolute Gasteiger partial charge is 0.252 e. The summed E-state index contributed by atoms with van der Waals surface area (Å²) in [5, 5.41) is 0. The minimum absolute atomic E-state index is 0.000263. The third-order valence-electron chi connectivity index (χ3n) is 14.9. The van der Waals surface area contributed by atoms with Crippen molar-refractivity contribution in [1.82, 2.24) is 0 Å². The number of fused-ring (bicyclic) bond motifs is 6. The molecule has 0 saturated carbocycles. The maximum atomic E-state index is 2.70. The molecular formula is C56H69BN2. The SMILES string of the molecule is CC(C)(C)c1cccc(N2c3cc(C(C)(C)C)ccc3B3c4cc5c(cc4N(c4ccc6c(c4)C(C)(C)CC6(C)C)c4cc(C(C)(C)C)cc2c43)C(C)(C)CC5(C)C)c1. The van der Waals surface area contributed by atoms with E-state index in [0.29, 0.717) is 0 Å². The predicted octanol–water partition coefficient (Wildman–Crippen LogP) is 13.6. The monoisotopic (exact) mass is 781 g/mol. The maximum absolute atomic E-state index is 2.70. The van der Waals surface area contributed by atoms with Gasteiger partial charge in [-0.2, -0.15) is 0 Å². The Morgan fingerprint density at radius 1 is 0.407 bits per heavy atom. The number of hydrogen-bond acceptors (Lipinski definition) is 2. The van der Waals surface area contributed by atoms with Crippen LogP contribution in [0.3, 0.4) is 0 Å². The van der Waals surface area contributed by atoms with Gasteiger partial charge < -0.3 is 9.80 Å². The Balaban J connectivity index is 1.44. The van der Waals surface area contributed by atoms with Crippen LogP contribution in [0.25, 0.3) is 0 Å². The van der Waals surface area contributed by atoms with Crippen LogP contribution in [0.2, 0.25) is 0 Å². The lowest BCUT2D eigenvalue weighted by Crippen LogP contribution is -2.61. The molecule has 59 heavy (non-hydrogen) atoms. The van der Waals surface area contributed by atoms with E-state index in [1.54, 1.807) is 0 Å². The lowest BCUT2D eigenvalue weighted by molar-refractivity contribution is 0.403. The second-order valence-electron chi connectivity index (χ2n) is 24.7. The quantitative estimate of drug-likeness (QED) is 0.161. The van der Waals surface area contributed by atoms with Crippen molar-refractivity contribution in [2.75, 3.05) is 9.80 Å². The highest BCUT2D eigenvalue weighted by Gasteiger charge is 2.49. The van der Waals surface area contributed by atoms with E-state index < -0.39 is 0 Å². The first-order chi connectivity index (χ1) is 27.1. The predicted molar refractivity (Wildman–Crippen MR) is 258 cm³/mol. The van der Waals surface area contributed by atoms with E-state index in [0.717, 1.165) is 12.8 Å². The van der Waals surface area contributed by atoms with Gasteiger partial charge in [0.1, 0.15) is 0 Å². The third-order valence-corrected chi connectivity index (χ3v) is 14.9. The van der Waals surface area contributed by atoms with Crippen molar-refractivity contribution < 1.29 is 0 Å². The van der Waals surface area contributed by atoms with Crippen LogP contribution >= 0.6 is 0 Å². The van der Waals surface area contributed by atoms with Gasteiger partial charge >= 0.3 is 0 Å². The highest BCUT2D eigenvalue weighted by Crippen LogP contribution is 2.55. The van der Waals surface area contributed by atoms with Gasteiger partial charge in [-0.1, -0.05) is 154 Å². The molecule has 5 aromatic rings. The summed E-state index contributed by atoms with van der Waals surface area (Å²) >= 11 is 0. The summed E-state index contributed by atoms with van der Waals surface area (Å²) in [5.41, 5.74) is 22.4. The van der Waals surface area contributed by atoms with Crippen molar-refractivity contribution in [2.45, 2.75) is 168 Å². The summed E-state index contributed by atoms with van der Waals surface area (Å²) in [6, 6.07) is 34.7. The minimum Gasteiger partial charge on any atom is -0.311 e. The van der Waals surface area contributed by atoms with Gasteiger partial charge in [0, 0.05) is 34.1 Å². The van der Waals surface area contributed by atoms with E-state index in [9.17, 15) is 0 Å². The summed E-state index contributed by atoms with van der Waals surface area (Å²) in [7, 11) is 0. The molecule has 0 bridgehead atoms. The molecule has 0 saturated heterocycles. The molecule has 0 N–H and O–H groups in total. The molecule has 0 unspecified atom stereocenters. The molecule has 0 fully saturated rings. The zero-order chi connectivity index (χ0) is 42.8. The molecule has 3 heteroatoms. The lowest BCUT2D eigenvalue weighted by Gasteiger charge is -2.46. The molecule has 2 nitrogen and oxygen atoms in total. The molecule has 4 aliphatic rings. The molecule has 2 heterocycles. The van der Waals surface area contributed by atoms with Gasteiger partial charge in [0.25, 0.3) is 6.71 Å². The maximum Gasteiger partial charge on any atom is 0.252 e. The van der Waals surface area contributed by atoms with E-state index >= 15 is 0 Å². The van der Waals surface area contributed by atoms with Gasteiger partial charge in [0.2, 0.25) is 0 Å². The zero-order valence-corrected chi connectivity index (χ0v) is 39.5. The number of benzene rings is 5. The molecule has 2 aliphatic heterocycles. The molecule has 0 amide bonds. The Kier molecular flexibility index (Phi) is 8.31. The fraction of sp³-hybridized carbons (Fsp3) is 0.464. The average Bonchev–Trinajstić information content (AvgIpc) is 3.42. The van der Waals surface area contributed by atoms with E-state index in [1.165, 1.54) is 89.5 Å². The number of nitrogens with zero attached hydrogens (tertiary/aromatic N) is 2. The molecule has 0 spiro atoms. The fourth-order valence-corrected chi connectivity index (χ4v) is 12.1. The van der Waals surface area contributed by atoms with Gasteiger partial charge in [-0.25, -0.2) is 0 Å². The normalized spacial score (nSPS) is 19.2. The third kappa shape index (κ3) is 6.09. The molecule has 0 radical (unpaired) electrons. The van der Waals surface area contributed by atoms with Gasteiger partial charge in [0.15, 0.2) is 0 Å². The van der Waals surface area contributed by atoms with Crippen molar-refractivity contribution in [2.24, 2.45) is 0 Å². The van der Waals surface area contributed by atoms with Crippen LogP contribution in [0.4, 0.5) is 34.1 Å². The lowest BCUT2D eigenvalue weighted by atomic mass is 9.33. The Hall–Kier alpha value is -4.24. The molecular weight excluding hydrogens is 711 g/mol. The summed E-state index contributed by atoms with van der Waals surface area (Å²) in [5.74, 6) is 0. The number of hydrogen-bond donors (Lipinski definition) is 0. The molecule has 5 aromatic carbocycles. The van der Waals surface area contributed by atoms with Gasteiger partial charge in [-0.15, -0.1) is 0 Å². The van der Waals surface area contributed by atoms with Crippen LogP contribution in [-0.2, 0) is 37.9 Å². The number of anilines is 6. The second-order valence-corrected chi connectivity index (χ2v) is 24.7. The first-order valence-electron chi connectivity index (χ1n) is 22.5. The van der Waals surface area contributed by atoms with Crippen LogP contribution < -0.4 is 26.2 Å². The largest absolute Gasteiger partial charge is 0.311 e. The Morgan fingerprint density at radius 3 is 1.42 bits per heavy atom. The van der Waals surface area contributed by atoms with Gasteiger partial charge in [-0.3, -0.25) is 0 Å². The summed E-state index contributed by atoms with van der Waals surface area (Å²) in [4.78, 5) is 5.34. The van der Waals surface area contributed by atoms with E-state index in [4.69, 9.17) is 0 Å². The standard InChI is InChI=1S/C56H69BN2/c1-50(2,3)34-19-18-20-37(25-34)58-45-26-35(51(4,5)6)21-24-43(45)57-44-30-41-42(56(16,17)33-55(41,14)15)31-46(44)59(48-28-36(52(7,8)9)27-47(58)49(48)57)38-22-23-39-40(29-38)54(12,13)32-53(39,10)11/h18-31H,32-33H2,1-17H3. The first-order valence-corrected chi connectivity index (χ1v) is 22.5. The summed E-state index contributed by atoms with van der Waals surface area (Å²) in [6.45, 7) is 41.0. The first kappa shape index (κ1) is 40.2. The topological polar surface area (TPSA) is 6.48 Å².